The number of aromatic nitrogens is 2. The minimum atomic E-state index is 0.942. The van der Waals surface area contributed by atoms with E-state index >= 15 is 0 Å². The molecule has 0 unspecified atom stereocenters. The van der Waals surface area contributed by atoms with Gasteiger partial charge in [-0.2, -0.15) is 0 Å². The van der Waals surface area contributed by atoms with Crippen LogP contribution in [0.25, 0.3) is 33.9 Å². The Kier molecular flexibility index (Phi) is 2.91. The predicted molar refractivity (Wildman–Crippen MR) is 101 cm³/mol. The number of hydrogen-bond acceptors (Lipinski definition) is 3. The number of benzene rings is 2. The summed E-state index contributed by atoms with van der Waals surface area (Å²) in [4.78, 5) is 11.1. The zero-order valence-corrected chi connectivity index (χ0v) is 14.0. The zero-order valence-electron chi connectivity index (χ0n) is 13.2. The molecule has 1 aliphatic rings. The summed E-state index contributed by atoms with van der Waals surface area (Å²) >= 11 is 1.74. The van der Waals surface area contributed by atoms with Crippen LogP contribution in [0.4, 0.5) is 0 Å². The van der Waals surface area contributed by atoms with Crippen LogP contribution < -0.4 is 0 Å². The van der Waals surface area contributed by atoms with Crippen LogP contribution in [0, 0.1) is 6.92 Å². The molecule has 0 amide bonds. The van der Waals surface area contributed by atoms with Crippen LogP contribution in [0.5, 0.6) is 0 Å². The summed E-state index contributed by atoms with van der Waals surface area (Å²) in [6.45, 7) is 2.13. The minimum absolute atomic E-state index is 0.942. The van der Waals surface area contributed by atoms with E-state index in [0.717, 1.165) is 22.4 Å². The first-order chi connectivity index (χ1) is 11.8. The van der Waals surface area contributed by atoms with Crippen molar-refractivity contribution in [2.24, 2.45) is 0 Å². The molecule has 0 saturated carbocycles. The largest absolute Gasteiger partial charge is 0.244 e. The van der Waals surface area contributed by atoms with Crippen molar-refractivity contribution in [1.82, 2.24) is 9.97 Å². The zero-order chi connectivity index (χ0) is 16.1. The summed E-state index contributed by atoms with van der Waals surface area (Å²) in [5.41, 5.74) is 8.70. The molecule has 0 aliphatic heterocycles. The lowest BCUT2D eigenvalue weighted by atomic mass is 10.0. The van der Waals surface area contributed by atoms with Crippen LogP contribution >= 0.6 is 11.3 Å². The highest BCUT2D eigenvalue weighted by atomic mass is 32.1. The molecular weight excluding hydrogens is 312 g/mol. The lowest BCUT2D eigenvalue weighted by Crippen LogP contribution is -1.92. The topological polar surface area (TPSA) is 25.8 Å². The van der Waals surface area contributed by atoms with E-state index in [-0.39, 0.29) is 0 Å². The van der Waals surface area contributed by atoms with Gasteiger partial charge < -0.3 is 0 Å². The molecule has 24 heavy (non-hydrogen) atoms. The fraction of sp³-hybridized carbons (Fsp3) is 0.0476. The third-order valence-electron chi connectivity index (χ3n) is 4.38. The Balaban J connectivity index is 1.86. The third kappa shape index (κ3) is 2.02. The molecule has 0 fully saturated rings. The van der Waals surface area contributed by atoms with E-state index in [4.69, 9.17) is 9.97 Å². The number of aryl methyl sites for hydroxylation is 1. The Labute approximate surface area is 144 Å². The lowest BCUT2D eigenvalue weighted by molar-refractivity contribution is 1.28. The molecule has 2 heterocycles. The summed E-state index contributed by atoms with van der Waals surface area (Å²) in [6, 6.07) is 18.8. The van der Waals surface area contributed by atoms with E-state index < -0.39 is 0 Å². The highest BCUT2D eigenvalue weighted by molar-refractivity contribution is 7.10. The van der Waals surface area contributed by atoms with Crippen molar-refractivity contribution in [1.29, 1.82) is 0 Å². The Hall–Kier alpha value is -2.78. The van der Waals surface area contributed by atoms with Gasteiger partial charge in [-0.05, 0) is 42.1 Å². The van der Waals surface area contributed by atoms with Gasteiger partial charge in [-0.3, -0.25) is 0 Å². The maximum atomic E-state index is 4.94. The van der Waals surface area contributed by atoms with Gasteiger partial charge in [0, 0.05) is 16.0 Å². The van der Waals surface area contributed by atoms with Crippen LogP contribution in [-0.2, 0) is 0 Å². The van der Waals surface area contributed by atoms with Crippen molar-refractivity contribution in [2.45, 2.75) is 6.92 Å². The second-order valence-corrected chi connectivity index (χ2v) is 7.01. The van der Waals surface area contributed by atoms with E-state index in [0.29, 0.717) is 0 Å². The number of nitrogens with zero attached hydrogens (tertiary/aromatic N) is 2. The number of hydrogen-bond donors (Lipinski definition) is 0. The van der Waals surface area contributed by atoms with Crippen LogP contribution in [0.15, 0.2) is 60.0 Å². The maximum absolute atomic E-state index is 4.94. The predicted octanol–water partition coefficient (Wildman–Crippen LogP) is 5.57. The van der Waals surface area contributed by atoms with Crippen molar-refractivity contribution in [3.05, 3.63) is 81.7 Å². The molecule has 0 saturated heterocycles. The maximum Gasteiger partial charge on any atom is 0.0980 e. The first kappa shape index (κ1) is 13.6. The minimum Gasteiger partial charge on any atom is -0.244 e. The second kappa shape index (κ2) is 5.11. The Bertz CT molecular complexity index is 1110. The van der Waals surface area contributed by atoms with Gasteiger partial charge in [-0.1, -0.05) is 42.0 Å². The number of thiophene rings is 1. The molecule has 0 spiro atoms. The Morgan fingerprint density at radius 3 is 2.38 bits per heavy atom. The average molecular weight is 326 g/mol. The molecule has 0 N–H and O–H groups in total. The van der Waals surface area contributed by atoms with Gasteiger partial charge in [-0.25, -0.2) is 9.97 Å². The second-order valence-electron chi connectivity index (χ2n) is 6.03. The third-order valence-corrected chi connectivity index (χ3v) is 5.20. The molecule has 4 aromatic rings. The number of para-hydroxylation sites is 2. The van der Waals surface area contributed by atoms with Gasteiger partial charge in [0.1, 0.15) is 0 Å². The van der Waals surface area contributed by atoms with Gasteiger partial charge in [0.2, 0.25) is 0 Å². The molecule has 2 aromatic carbocycles. The van der Waals surface area contributed by atoms with E-state index in [9.17, 15) is 0 Å². The van der Waals surface area contributed by atoms with Gasteiger partial charge in [-0.15, -0.1) is 11.3 Å². The van der Waals surface area contributed by atoms with Crippen LogP contribution in [-0.4, -0.2) is 9.97 Å². The number of fused-ring (bicyclic) bond motifs is 4. The van der Waals surface area contributed by atoms with Crippen LogP contribution in [0.1, 0.15) is 21.7 Å². The molecule has 0 radical (unpaired) electrons. The molecular formula is C21H14N2S. The molecule has 114 valence electrons. The van der Waals surface area contributed by atoms with Gasteiger partial charge in [0.25, 0.3) is 0 Å². The lowest BCUT2D eigenvalue weighted by Gasteiger charge is -2.03. The summed E-state index contributed by atoms with van der Waals surface area (Å²) in [6.07, 6.45) is 2.23. The number of rotatable bonds is 1. The summed E-state index contributed by atoms with van der Waals surface area (Å²) < 4.78 is 0. The molecule has 0 bridgehead atoms. The van der Waals surface area contributed by atoms with Gasteiger partial charge in [0.05, 0.1) is 22.4 Å². The standard InChI is InChI=1S/C21H14N2S/c1-13-8-9-15-16(11-13)17(12-14-5-4-10-24-14)21-20(15)22-18-6-2-3-7-19(18)23-21/h2-12H,1H3. The van der Waals surface area contributed by atoms with E-state index in [1.54, 1.807) is 11.3 Å². The fourth-order valence-corrected chi connectivity index (χ4v) is 3.91. The first-order valence-corrected chi connectivity index (χ1v) is 8.81. The Morgan fingerprint density at radius 1 is 0.833 bits per heavy atom. The molecule has 0 atom stereocenters. The normalized spacial score (nSPS) is 14.1. The monoisotopic (exact) mass is 326 g/mol. The van der Waals surface area contributed by atoms with Crippen molar-refractivity contribution >= 4 is 34.0 Å². The van der Waals surface area contributed by atoms with E-state index in [2.05, 4.69) is 48.7 Å². The van der Waals surface area contributed by atoms with Gasteiger partial charge >= 0.3 is 0 Å². The summed E-state index contributed by atoms with van der Waals surface area (Å²) in [5.74, 6) is 0. The van der Waals surface area contributed by atoms with Crippen molar-refractivity contribution in [2.75, 3.05) is 0 Å². The highest BCUT2D eigenvalue weighted by Gasteiger charge is 2.27. The molecule has 2 aromatic heterocycles. The molecule has 1 aliphatic carbocycles. The van der Waals surface area contributed by atoms with Crippen LogP contribution in [0.2, 0.25) is 0 Å². The van der Waals surface area contributed by atoms with Crippen molar-refractivity contribution in [3.63, 3.8) is 0 Å². The first-order valence-electron chi connectivity index (χ1n) is 7.93. The van der Waals surface area contributed by atoms with Crippen molar-refractivity contribution < 1.29 is 0 Å². The Morgan fingerprint density at radius 2 is 1.62 bits per heavy atom. The average Bonchev–Trinajstić information content (AvgIpc) is 3.21. The smallest absolute Gasteiger partial charge is 0.0980 e. The van der Waals surface area contributed by atoms with E-state index in [1.807, 2.05) is 24.3 Å². The van der Waals surface area contributed by atoms with E-state index in [1.165, 1.54) is 27.1 Å². The van der Waals surface area contributed by atoms with Gasteiger partial charge in [0.15, 0.2) is 0 Å². The summed E-state index contributed by atoms with van der Waals surface area (Å²) in [7, 11) is 0. The highest BCUT2D eigenvalue weighted by Crippen LogP contribution is 2.44. The van der Waals surface area contributed by atoms with Crippen LogP contribution in [0.3, 0.4) is 0 Å². The SMILES string of the molecule is Cc1ccc2c(c1)C(=Cc1cccs1)c1nc3ccccc3nc1-2. The molecule has 2 nitrogen and oxygen atoms in total. The fourth-order valence-electron chi connectivity index (χ4n) is 3.25. The molecule has 3 heteroatoms. The molecule has 5 rings (SSSR count). The quantitative estimate of drug-likeness (QED) is 0.402. The van der Waals surface area contributed by atoms with Crippen molar-refractivity contribution in [3.8, 4) is 11.3 Å². The summed E-state index contributed by atoms with van der Waals surface area (Å²) in [5, 5.41) is 2.10.